The van der Waals surface area contributed by atoms with Crippen molar-refractivity contribution in [1.82, 2.24) is 25.0 Å². The Morgan fingerprint density at radius 3 is 3.19 bits per heavy atom. The summed E-state index contributed by atoms with van der Waals surface area (Å²) in [4.78, 5) is 6.32. The highest BCUT2D eigenvalue weighted by atomic mass is 35.5. The molecule has 16 heavy (non-hydrogen) atoms. The van der Waals surface area contributed by atoms with E-state index in [0.29, 0.717) is 5.65 Å². The lowest BCUT2D eigenvalue weighted by atomic mass is 10.1. The van der Waals surface area contributed by atoms with E-state index >= 15 is 0 Å². The highest BCUT2D eigenvalue weighted by Crippen LogP contribution is 2.21. The largest absolute Gasteiger partial charge is 0.354 e. The third kappa shape index (κ3) is 1.59. The summed E-state index contributed by atoms with van der Waals surface area (Å²) in [6.45, 7) is 1.80. The molecule has 3 heterocycles. The number of rotatable bonds is 1. The van der Waals surface area contributed by atoms with E-state index in [1.165, 1.54) is 0 Å². The molecule has 0 radical (unpaired) electrons. The summed E-state index contributed by atoms with van der Waals surface area (Å²) < 4.78 is 1.70. The highest BCUT2D eigenvalue weighted by molar-refractivity contribution is 6.21. The number of hydrogen-bond donors (Lipinski definition) is 0. The van der Waals surface area contributed by atoms with E-state index < -0.39 is 0 Å². The second-order valence-electron chi connectivity index (χ2n) is 3.90. The third-order valence-electron chi connectivity index (χ3n) is 2.78. The van der Waals surface area contributed by atoms with E-state index in [-0.39, 0.29) is 5.38 Å². The number of hydrogen-bond acceptors (Lipinski definition) is 5. The molecule has 0 amide bonds. The number of nitrogens with zero attached hydrogens (tertiary/aromatic N) is 6. The zero-order valence-electron chi connectivity index (χ0n) is 8.62. The van der Waals surface area contributed by atoms with E-state index in [0.717, 1.165) is 31.7 Å². The molecule has 1 atom stereocenters. The van der Waals surface area contributed by atoms with Crippen LogP contribution in [0.1, 0.15) is 12.8 Å². The van der Waals surface area contributed by atoms with Gasteiger partial charge in [0.05, 0.1) is 17.8 Å². The molecule has 0 aromatic carbocycles. The van der Waals surface area contributed by atoms with E-state index in [1.54, 1.807) is 16.9 Å². The molecular formula is C9H11ClN6. The van der Waals surface area contributed by atoms with Gasteiger partial charge in [-0.1, -0.05) is 0 Å². The topological polar surface area (TPSA) is 59.2 Å². The number of halogens is 1. The molecular weight excluding hydrogens is 228 g/mol. The van der Waals surface area contributed by atoms with Gasteiger partial charge < -0.3 is 4.90 Å². The van der Waals surface area contributed by atoms with Crippen LogP contribution in [0.3, 0.4) is 0 Å². The highest BCUT2D eigenvalue weighted by Gasteiger charge is 2.20. The Balaban J connectivity index is 2.01. The quantitative estimate of drug-likeness (QED) is 0.686. The van der Waals surface area contributed by atoms with E-state index in [4.69, 9.17) is 11.6 Å². The van der Waals surface area contributed by atoms with E-state index in [9.17, 15) is 0 Å². The number of alkyl halides is 1. The Labute approximate surface area is 97.2 Å². The van der Waals surface area contributed by atoms with Crippen molar-refractivity contribution in [3.05, 3.63) is 12.4 Å². The zero-order chi connectivity index (χ0) is 11.0. The summed E-state index contributed by atoms with van der Waals surface area (Å²) in [5.74, 6) is 0.910. The molecule has 0 N–H and O–H groups in total. The van der Waals surface area contributed by atoms with Gasteiger partial charge in [-0.15, -0.1) is 16.7 Å². The fraction of sp³-hybridized carbons (Fsp3) is 0.556. The molecule has 1 aliphatic heterocycles. The maximum atomic E-state index is 6.16. The number of aromatic nitrogens is 5. The number of anilines is 1. The normalized spacial score (nSPS) is 21.6. The summed E-state index contributed by atoms with van der Waals surface area (Å²) in [6.07, 6.45) is 5.58. The van der Waals surface area contributed by atoms with E-state index in [2.05, 4.69) is 25.4 Å². The first kappa shape index (κ1) is 9.77. The first-order valence-corrected chi connectivity index (χ1v) is 5.69. The molecule has 3 rings (SSSR count). The SMILES string of the molecule is ClC1CCCN(c2cncc3nnnn23)C1. The van der Waals surface area contributed by atoms with Gasteiger partial charge in [0.25, 0.3) is 0 Å². The van der Waals surface area contributed by atoms with Crippen LogP contribution >= 0.6 is 11.6 Å². The fourth-order valence-electron chi connectivity index (χ4n) is 2.01. The summed E-state index contributed by atoms with van der Waals surface area (Å²) in [5.41, 5.74) is 0.661. The number of piperidine rings is 1. The molecule has 1 fully saturated rings. The molecule has 2 aromatic heterocycles. The standard InChI is InChI=1S/C9H11ClN6/c10-7-2-1-3-15(6-7)9-5-11-4-8-12-13-14-16(8)9/h4-5,7H,1-3,6H2. The van der Waals surface area contributed by atoms with Gasteiger partial charge in [-0.25, -0.2) is 0 Å². The van der Waals surface area contributed by atoms with Crippen molar-refractivity contribution in [1.29, 1.82) is 0 Å². The van der Waals surface area contributed by atoms with Crippen LogP contribution in [0.2, 0.25) is 0 Å². The molecule has 6 nitrogen and oxygen atoms in total. The van der Waals surface area contributed by atoms with Crippen LogP contribution in [0.25, 0.3) is 5.65 Å². The molecule has 1 unspecified atom stereocenters. The lowest BCUT2D eigenvalue weighted by Gasteiger charge is -2.30. The second-order valence-corrected chi connectivity index (χ2v) is 4.52. The van der Waals surface area contributed by atoms with Gasteiger partial charge in [-0.05, 0) is 23.3 Å². The monoisotopic (exact) mass is 238 g/mol. The predicted molar refractivity (Wildman–Crippen MR) is 59.7 cm³/mol. The number of tetrazole rings is 1. The van der Waals surface area contributed by atoms with Crippen LogP contribution in [0.5, 0.6) is 0 Å². The van der Waals surface area contributed by atoms with Gasteiger partial charge in [0.1, 0.15) is 0 Å². The van der Waals surface area contributed by atoms with Gasteiger partial charge in [-0.3, -0.25) is 4.98 Å². The van der Waals surface area contributed by atoms with Crippen LogP contribution in [0.4, 0.5) is 5.82 Å². The average molecular weight is 239 g/mol. The van der Waals surface area contributed by atoms with Crippen molar-refractivity contribution in [3.63, 3.8) is 0 Å². The van der Waals surface area contributed by atoms with Crippen LogP contribution in [0.15, 0.2) is 12.4 Å². The fourth-order valence-corrected chi connectivity index (χ4v) is 2.33. The molecule has 0 saturated carbocycles. The maximum Gasteiger partial charge on any atom is 0.199 e. The molecule has 2 aromatic rings. The predicted octanol–water partition coefficient (Wildman–Crippen LogP) is 0.727. The van der Waals surface area contributed by atoms with Crippen molar-refractivity contribution in [2.45, 2.75) is 18.2 Å². The van der Waals surface area contributed by atoms with Crippen molar-refractivity contribution >= 4 is 23.1 Å². The van der Waals surface area contributed by atoms with Crippen LogP contribution in [-0.4, -0.2) is 43.5 Å². The first-order valence-electron chi connectivity index (χ1n) is 5.26. The Hall–Kier alpha value is -1.43. The third-order valence-corrected chi connectivity index (χ3v) is 3.13. The Morgan fingerprint density at radius 2 is 2.31 bits per heavy atom. The van der Waals surface area contributed by atoms with Crippen LogP contribution in [0, 0.1) is 0 Å². The zero-order valence-corrected chi connectivity index (χ0v) is 9.38. The summed E-state index contributed by atoms with van der Waals surface area (Å²) in [7, 11) is 0. The van der Waals surface area contributed by atoms with Crippen molar-refractivity contribution < 1.29 is 0 Å². The maximum absolute atomic E-state index is 6.16. The average Bonchev–Trinajstić information content (AvgIpc) is 2.76. The molecule has 0 aliphatic carbocycles. The van der Waals surface area contributed by atoms with Gasteiger partial charge in [-0.2, -0.15) is 4.52 Å². The summed E-state index contributed by atoms with van der Waals surface area (Å²) in [5, 5.41) is 11.7. The number of fused-ring (bicyclic) bond motifs is 1. The van der Waals surface area contributed by atoms with Crippen molar-refractivity contribution in [2.75, 3.05) is 18.0 Å². The molecule has 0 spiro atoms. The van der Waals surface area contributed by atoms with Gasteiger partial charge in [0.2, 0.25) is 0 Å². The Morgan fingerprint density at radius 1 is 1.38 bits per heavy atom. The summed E-state index contributed by atoms with van der Waals surface area (Å²) in [6, 6.07) is 0. The van der Waals surface area contributed by atoms with Crippen molar-refractivity contribution in [2.24, 2.45) is 0 Å². The lowest BCUT2D eigenvalue weighted by molar-refractivity contribution is 0.573. The molecule has 84 valence electrons. The molecule has 7 heteroatoms. The van der Waals surface area contributed by atoms with Gasteiger partial charge in [0.15, 0.2) is 11.5 Å². The minimum absolute atomic E-state index is 0.195. The van der Waals surface area contributed by atoms with Crippen molar-refractivity contribution in [3.8, 4) is 0 Å². The van der Waals surface area contributed by atoms with Crippen LogP contribution < -0.4 is 4.90 Å². The Bertz CT molecular complexity index is 497. The minimum atomic E-state index is 0.195. The second kappa shape index (κ2) is 3.86. The molecule has 1 saturated heterocycles. The minimum Gasteiger partial charge on any atom is -0.354 e. The van der Waals surface area contributed by atoms with Gasteiger partial charge in [0, 0.05) is 13.1 Å². The van der Waals surface area contributed by atoms with Gasteiger partial charge >= 0.3 is 0 Å². The molecule has 1 aliphatic rings. The van der Waals surface area contributed by atoms with E-state index in [1.807, 2.05) is 0 Å². The first-order chi connectivity index (χ1) is 7.84. The Kier molecular flexibility index (Phi) is 2.36. The molecule has 0 bridgehead atoms. The summed E-state index contributed by atoms with van der Waals surface area (Å²) >= 11 is 6.16. The lowest BCUT2D eigenvalue weighted by Crippen LogP contribution is -2.37. The smallest absolute Gasteiger partial charge is 0.199 e. The van der Waals surface area contributed by atoms with Crippen LogP contribution in [-0.2, 0) is 0 Å².